The first kappa shape index (κ1) is 17.5. The van der Waals surface area contributed by atoms with Gasteiger partial charge >= 0.3 is 0 Å². The van der Waals surface area contributed by atoms with Crippen LogP contribution in [0.1, 0.15) is 5.56 Å². The molecule has 0 aliphatic carbocycles. The maximum absolute atomic E-state index is 14.3. The van der Waals surface area contributed by atoms with E-state index in [1.807, 2.05) is 24.3 Å². The molecule has 25 heavy (non-hydrogen) atoms. The fourth-order valence-corrected chi connectivity index (χ4v) is 2.79. The van der Waals surface area contributed by atoms with Gasteiger partial charge in [0.2, 0.25) is 5.88 Å². The van der Waals surface area contributed by atoms with Crippen molar-refractivity contribution in [3.63, 3.8) is 0 Å². The molecule has 6 nitrogen and oxygen atoms in total. The third kappa shape index (κ3) is 3.54. The van der Waals surface area contributed by atoms with Crippen LogP contribution in [-0.2, 0) is 6.54 Å². The average molecular weight is 381 g/mol. The standard InChI is InChI=1S/C16H14ClFN4O2S/c1-24-9-5-3-8(4-6-9)7-19-14-10-12(11(18)13(17)21-14)20-16(25-2)22-15(10)23/h3-6H,7H2,1-2H3,(H,19,21)(H,20,22,23). The Morgan fingerprint density at radius 3 is 2.60 bits per heavy atom. The molecule has 0 aliphatic rings. The molecule has 9 heteroatoms. The Labute approximate surface area is 152 Å². The van der Waals surface area contributed by atoms with Crippen LogP contribution >= 0.6 is 23.4 Å². The second-order valence-corrected chi connectivity index (χ2v) is 6.16. The van der Waals surface area contributed by atoms with Gasteiger partial charge in [-0.3, -0.25) is 0 Å². The lowest BCUT2D eigenvalue weighted by molar-refractivity contribution is 0.414. The van der Waals surface area contributed by atoms with Gasteiger partial charge < -0.3 is 15.2 Å². The van der Waals surface area contributed by atoms with Crippen LogP contribution in [0.4, 0.5) is 10.2 Å². The summed E-state index contributed by atoms with van der Waals surface area (Å²) in [6.07, 6.45) is 1.73. The van der Waals surface area contributed by atoms with Crippen LogP contribution in [0.3, 0.4) is 0 Å². The highest BCUT2D eigenvalue weighted by molar-refractivity contribution is 7.98. The summed E-state index contributed by atoms with van der Waals surface area (Å²) in [5.41, 5.74) is 0.867. The number of hydrogen-bond donors (Lipinski definition) is 2. The smallest absolute Gasteiger partial charge is 0.226 e. The van der Waals surface area contributed by atoms with Crippen LogP contribution in [0.5, 0.6) is 11.6 Å². The van der Waals surface area contributed by atoms with Gasteiger partial charge in [0.1, 0.15) is 22.5 Å². The largest absolute Gasteiger partial charge is 0.497 e. The van der Waals surface area contributed by atoms with Crippen LogP contribution in [0, 0.1) is 5.82 Å². The number of aromatic hydroxyl groups is 1. The van der Waals surface area contributed by atoms with Gasteiger partial charge in [-0.05, 0) is 24.0 Å². The van der Waals surface area contributed by atoms with E-state index in [-0.39, 0.29) is 32.9 Å². The van der Waals surface area contributed by atoms with Gasteiger partial charge in [-0.2, -0.15) is 4.98 Å². The number of nitrogens with one attached hydrogen (secondary N) is 1. The van der Waals surface area contributed by atoms with Gasteiger partial charge in [0.25, 0.3) is 0 Å². The van der Waals surface area contributed by atoms with Gasteiger partial charge in [-0.25, -0.2) is 14.4 Å². The van der Waals surface area contributed by atoms with Crippen molar-refractivity contribution in [1.82, 2.24) is 15.0 Å². The van der Waals surface area contributed by atoms with Crippen molar-refractivity contribution in [2.45, 2.75) is 11.7 Å². The van der Waals surface area contributed by atoms with E-state index >= 15 is 0 Å². The molecule has 0 atom stereocenters. The summed E-state index contributed by atoms with van der Waals surface area (Å²) in [4.78, 5) is 12.0. The van der Waals surface area contributed by atoms with Crippen molar-refractivity contribution in [3.8, 4) is 11.6 Å². The number of hydrogen-bond acceptors (Lipinski definition) is 7. The number of thioether (sulfide) groups is 1. The van der Waals surface area contributed by atoms with Gasteiger partial charge in [0.05, 0.1) is 7.11 Å². The minimum atomic E-state index is -0.792. The third-order valence-corrected chi connectivity index (χ3v) is 4.30. The predicted molar refractivity (Wildman–Crippen MR) is 96.1 cm³/mol. The van der Waals surface area contributed by atoms with Crippen molar-refractivity contribution >= 4 is 40.1 Å². The Kier molecular flexibility index (Phi) is 5.10. The molecule has 0 amide bonds. The lowest BCUT2D eigenvalue weighted by Crippen LogP contribution is -2.05. The van der Waals surface area contributed by atoms with Crippen LogP contribution in [-0.4, -0.2) is 33.4 Å². The zero-order valence-corrected chi connectivity index (χ0v) is 15.0. The first-order valence-corrected chi connectivity index (χ1v) is 8.80. The van der Waals surface area contributed by atoms with E-state index in [1.165, 1.54) is 11.8 Å². The van der Waals surface area contributed by atoms with E-state index in [2.05, 4.69) is 20.3 Å². The van der Waals surface area contributed by atoms with Crippen molar-refractivity contribution in [2.75, 3.05) is 18.7 Å². The van der Waals surface area contributed by atoms with Crippen LogP contribution < -0.4 is 10.1 Å². The first-order chi connectivity index (χ1) is 12.0. The zero-order valence-electron chi connectivity index (χ0n) is 13.4. The highest BCUT2D eigenvalue weighted by Crippen LogP contribution is 2.34. The summed E-state index contributed by atoms with van der Waals surface area (Å²) < 4.78 is 19.4. The molecule has 0 radical (unpaired) electrons. The van der Waals surface area contributed by atoms with Crippen LogP contribution in [0.25, 0.3) is 10.9 Å². The van der Waals surface area contributed by atoms with E-state index in [1.54, 1.807) is 13.4 Å². The number of anilines is 1. The Morgan fingerprint density at radius 2 is 1.96 bits per heavy atom. The van der Waals surface area contributed by atoms with E-state index in [9.17, 15) is 9.50 Å². The molecule has 3 aromatic rings. The van der Waals surface area contributed by atoms with Crippen molar-refractivity contribution in [1.29, 1.82) is 0 Å². The molecule has 0 fully saturated rings. The fourth-order valence-electron chi connectivity index (χ4n) is 2.26. The maximum Gasteiger partial charge on any atom is 0.226 e. The number of nitrogens with zero attached hydrogens (tertiary/aromatic N) is 3. The second-order valence-electron chi connectivity index (χ2n) is 5.02. The molecule has 2 heterocycles. The molecule has 0 aliphatic heterocycles. The lowest BCUT2D eigenvalue weighted by atomic mass is 10.2. The molecular formula is C16H14ClFN4O2S. The highest BCUT2D eigenvalue weighted by atomic mass is 35.5. The number of rotatable bonds is 5. The maximum atomic E-state index is 14.3. The number of pyridine rings is 1. The number of halogens is 2. The van der Waals surface area contributed by atoms with Crippen LogP contribution in [0.2, 0.25) is 5.15 Å². The quantitative estimate of drug-likeness (QED) is 0.395. The van der Waals surface area contributed by atoms with Crippen molar-refractivity contribution in [2.24, 2.45) is 0 Å². The first-order valence-electron chi connectivity index (χ1n) is 7.20. The predicted octanol–water partition coefficient (Wildman–Crippen LogP) is 3.87. The number of fused-ring (bicyclic) bond motifs is 1. The second kappa shape index (κ2) is 7.28. The molecular weight excluding hydrogens is 367 g/mol. The lowest BCUT2D eigenvalue weighted by Gasteiger charge is -2.12. The normalized spacial score (nSPS) is 10.9. The van der Waals surface area contributed by atoms with Gasteiger partial charge in [0, 0.05) is 6.54 Å². The zero-order chi connectivity index (χ0) is 18.0. The van der Waals surface area contributed by atoms with E-state index < -0.39 is 5.82 Å². The number of methoxy groups -OCH3 is 1. The Balaban J connectivity index is 1.99. The molecule has 0 saturated heterocycles. The summed E-state index contributed by atoms with van der Waals surface area (Å²) in [5, 5.41) is 13.2. The summed E-state index contributed by atoms with van der Waals surface area (Å²) in [7, 11) is 1.59. The summed E-state index contributed by atoms with van der Waals surface area (Å²) in [5.74, 6) is -0.190. The Bertz CT molecular complexity index is 924. The minimum absolute atomic E-state index is 0.0749. The van der Waals surface area contributed by atoms with Gasteiger partial charge in [-0.1, -0.05) is 35.5 Å². The average Bonchev–Trinajstić information content (AvgIpc) is 2.63. The summed E-state index contributed by atoms with van der Waals surface area (Å²) in [6, 6.07) is 7.40. The van der Waals surface area contributed by atoms with Gasteiger partial charge in [-0.15, -0.1) is 0 Å². The minimum Gasteiger partial charge on any atom is -0.497 e. The fraction of sp³-hybridized carbons (Fsp3) is 0.188. The molecule has 1 aromatic carbocycles. The molecule has 0 unspecified atom stereocenters. The Morgan fingerprint density at radius 1 is 1.24 bits per heavy atom. The van der Waals surface area contributed by atoms with Crippen molar-refractivity contribution < 1.29 is 14.2 Å². The number of aromatic nitrogens is 3. The summed E-state index contributed by atoms with van der Waals surface area (Å²) >= 11 is 7.06. The molecule has 0 saturated carbocycles. The monoisotopic (exact) mass is 380 g/mol. The molecule has 2 aromatic heterocycles. The molecule has 130 valence electrons. The molecule has 3 rings (SSSR count). The van der Waals surface area contributed by atoms with Gasteiger partial charge in [0.15, 0.2) is 16.1 Å². The molecule has 0 spiro atoms. The topological polar surface area (TPSA) is 80.2 Å². The summed E-state index contributed by atoms with van der Waals surface area (Å²) in [6.45, 7) is 0.387. The van der Waals surface area contributed by atoms with E-state index in [0.717, 1.165) is 11.3 Å². The highest BCUT2D eigenvalue weighted by Gasteiger charge is 2.19. The van der Waals surface area contributed by atoms with E-state index in [4.69, 9.17) is 16.3 Å². The Hall–Kier alpha value is -2.32. The van der Waals surface area contributed by atoms with Crippen molar-refractivity contribution in [3.05, 3.63) is 40.8 Å². The SMILES string of the molecule is COc1ccc(CNc2nc(Cl)c(F)c3nc(SC)nc(O)c23)cc1. The molecule has 2 N–H and O–H groups in total. The van der Waals surface area contributed by atoms with E-state index in [0.29, 0.717) is 6.54 Å². The number of ether oxygens (including phenoxy) is 1. The molecule has 0 bridgehead atoms. The van der Waals surface area contributed by atoms with Crippen LogP contribution in [0.15, 0.2) is 29.4 Å². The number of benzene rings is 1. The third-order valence-electron chi connectivity index (χ3n) is 3.51.